The van der Waals surface area contributed by atoms with E-state index in [2.05, 4.69) is 20.4 Å². The SMILES string of the molecule is Cl.Cl.Cn1cc(N2CCN(C(=O)C3(n4cccn4)CCNCC3)CC2)cn1. The number of rotatable bonds is 3. The molecule has 0 atom stereocenters. The van der Waals surface area contributed by atoms with Crippen molar-refractivity contribution < 1.29 is 4.79 Å². The quantitative estimate of drug-likeness (QED) is 0.805. The van der Waals surface area contributed by atoms with E-state index in [9.17, 15) is 4.79 Å². The summed E-state index contributed by atoms with van der Waals surface area (Å²) in [6, 6.07) is 1.90. The third kappa shape index (κ3) is 4.07. The maximum absolute atomic E-state index is 13.4. The minimum absolute atomic E-state index is 0. The number of amides is 1. The molecule has 0 bridgehead atoms. The van der Waals surface area contributed by atoms with E-state index in [0.29, 0.717) is 0 Å². The van der Waals surface area contributed by atoms with Crippen molar-refractivity contribution in [2.75, 3.05) is 44.2 Å². The largest absolute Gasteiger partial charge is 0.365 e. The van der Waals surface area contributed by atoms with Crippen LogP contribution in [-0.4, -0.2) is 69.6 Å². The van der Waals surface area contributed by atoms with Crippen molar-refractivity contribution in [2.45, 2.75) is 18.4 Å². The number of hydrogen-bond acceptors (Lipinski definition) is 5. The van der Waals surface area contributed by atoms with E-state index in [4.69, 9.17) is 0 Å². The summed E-state index contributed by atoms with van der Waals surface area (Å²) in [6.45, 7) is 4.85. The molecule has 0 radical (unpaired) electrons. The highest BCUT2D eigenvalue weighted by molar-refractivity contribution is 5.86. The van der Waals surface area contributed by atoms with Crippen LogP contribution >= 0.6 is 24.8 Å². The fourth-order valence-electron chi connectivity index (χ4n) is 3.94. The lowest BCUT2D eigenvalue weighted by molar-refractivity contribution is -0.143. The Bertz CT molecular complexity index is 719. The summed E-state index contributed by atoms with van der Waals surface area (Å²) in [5.74, 6) is 0.212. The minimum atomic E-state index is -0.536. The van der Waals surface area contributed by atoms with Gasteiger partial charge in [-0.2, -0.15) is 10.2 Å². The Labute approximate surface area is 171 Å². The Kier molecular flexibility index (Phi) is 7.13. The van der Waals surface area contributed by atoms with Crippen LogP contribution in [-0.2, 0) is 17.4 Å². The number of aromatic nitrogens is 4. The third-order valence-electron chi connectivity index (χ3n) is 5.40. The Morgan fingerprint density at radius 1 is 1.11 bits per heavy atom. The van der Waals surface area contributed by atoms with Gasteiger partial charge in [-0.25, -0.2) is 0 Å². The van der Waals surface area contributed by atoms with Gasteiger partial charge in [-0.15, -0.1) is 24.8 Å². The van der Waals surface area contributed by atoms with Crippen molar-refractivity contribution >= 4 is 36.4 Å². The molecule has 0 saturated carbocycles. The van der Waals surface area contributed by atoms with E-state index >= 15 is 0 Å². The first-order valence-corrected chi connectivity index (χ1v) is 8.93. The zero-order valence-electron chi connectivity index (χ0n) is 15.5. The summed E-state index contributed by atoms with van der Waals surface area (Å²) in [5, 5.41) is 12.0. The number of carbonyl (C=O) groups excluding carboxylic acids is 1. The number of anilines is 1. The smallest absolute Gasteiger partial charge is 0.250 e. The van der Waals surface area contributed by atoms with Crippen molar-refractivity contribution in [3.05, 3.63) is 30.9 Å². The molecule has 27 heavy (non-hydrogen) atoms. The lowest BCUT2D eigenvalue weighted by atomic mass is 9.86. The lowest BCUT2D eigenvalue weighted by Gasteiger charge is -2.43. The highest BCUT2D eigenvalue weighted by Gasteiger charge is 2.44. The summed E-state index contributed by atoms with van der Waals surface area (Å²) in [6.07, 6.45) is 9.17. The van der Waals surface area contributed by atoms with E-state index in [1.807, 2.05) is 46.0 Å². The van der Waals surface area contributed by atoms with Gasteiger partial charge in [0.1, 0.15) is 5.54 Å². The van der Waals surface area contributed by atoms with Crippen LogP contribution in [0.5, 0.6) is 0 Å². The molecule has 4 heterocycles. The monoisotopic (exact) mass is 415 g/mol. The van der Waals surface area contributed by atoms with Crippen molar-refractivity contribution in [1.29, 1.82) is 0 Å². The number of piperazine rings is 1. The second-order valence-electron chi connectivity index (χ2n) is 6.88. The molecular formula is C17H27Cl2N7O. The number of nitrogens with zero attached hydrogens (tertiary/aromatic N) is 6. The molecule has 2 aromatic heterocycles. The van der Waals surface area contributed by atoms with E-state index < -0.39 is 5.54 Å². The van der Waals surface area contributed by atoms with Gasteiger partial charge in [0, 0.05) is 51.8 Å². The summed E-state index contributed by atoms with van der Waals surface area (Å²) in [5.41, 5.74) is 0.587. The van der Waals surface area contributed by atoms with Crippen LogP contribution in [0.2, 0.25) is 0 Å². The zero-order valence-corrected chi connectivity index (χ0v) is 17.1. The minimum Gasteiger partial charge on any atom is -0.365 e. The van der Waals surface area contributed by atoms with E-state index in [-0.39, 0.29) is 30.7 Å². The summed E-state index contributed by atoms with van der Waals surface area (Å²) in [4.78, 5) is 17.7. The molecule has 10 heteroatoms. The highest BCUT2D eigenvalue weighted by atomic mass is 35.5. The Morgan fingerprint density at radius 2 is 1.81 bits per heavy atom. The fraction of sp³-hybridized carbons (Fsp3) is 0.588. The summed E-state index contributed by atoms with van der Waals surface area (Å²) in [7, 11) is 1.92. The van der Waals surface area contributed by atoms with Crippen LogP contribution in [0.15, 0.2) is 30.9 Å². The van der Waals surface area contributed by atoms with Crippen LogP contribution in [0.3, 0.4) is 0 Å². The number of aryl methyl sites for hydroxylation is 1. The average Bonchev–Trinajstić information content (AvgIpc) is 3.34. The van der Waals surface area contributed by atoms with Crippen LogP contribution in [0, 0.1) is 0 Å². The van der Waals surface area contributed by atoms with Gasteiger partial charge in [0.15, 0.2) is 0 Å². The second-order valence-corrected chi connectivity index (χ2v) is 6.88. The van der Waals surface area contributed by atoms with Gasteiger partial charge in [0.05, 0.1) is 11.9 Å². The van der Waals surface area contributed by atoms with Gasteiger partial charge in [-0.3, -0.25) is 14.2 Å². The third-order valence-corrected chi connectivity index (χ3v) is 5.40. The van der Waals surface area contributed by atoms with Crippen molar-refractivity contribution in [2.24, 2.45) is 7.05 Å². The maximum atomic E-state index is 13.4. The first-order chi connectivity index (χ1) is 12.2. The van der Waals surface area contributed by atoms with Crippen LogP contribution in [0.25, 0.3) is 0 Å². The molecule has 8 nitrogen and oxygen atoms in total. The predicted octanol–water partition coefficient (Wildman–Crippen LogP) is 0.888. The van der Waals surface area contributed by atoms with E-state index in [1.54, 1.807) is 6.20 Å². The van der Waals surface area contributed by atoms with Crippen molar-refractivity contribution in [1.82, 2.24) is 29.8 Å². The summed E-state index contributed by atoms with van der Waals surface area (Å²) >= 11 is 0. The first-order valence-electron chi connectivity index (χ1n) is 8.93. The molecule has 150 valence electrons. The number of carbonyl (C=O) groups is 1. The molecule has 0 aliphatic carbocycles. The van der Waals surface area contributed by atoms with Gasteiger partial charge in [-0.1, -0.05) is 0 Å². The zero-order chi connectivity index (χ0) is 17.3. The maximum Gasteiger partial charge on any atom is 0.250 e. The van der Waals surface area contributed by atoms with Crippen LogP contribution in [0.1, 0.15) is 12.8 Å². The molecule has 4 rings (SSSR count). The van der Waals surface area contributed by atoms with Gasteiger partial charge in [0.2, 0.25) is 0 Å². The molecule has 1 N–H and O–H groups in total. The standard InChI is InChI=1S/C17H25N7O.2ClH/c1-21-14-15(13-20-21)22-9-11-23(12-10-22)16(25)17(3-6-18-7-4-17)24-8-2-5-19-24;;/h2,5,8,13-14,18H,3-4,6-7,9-12H2,1H3;2*1H. The van der Waals surface area contributed by atoms with Gasteiger partial charge in [-0.05, 0) is 32.0 Å². The van der Waals surface area contributed by atoms with E-state index in [0.717, 1.165) is 57.8 Å². The Balaban J connectivity index is 0.00000131. The number of piperidine rings is 1. The Hall–Kier alpha value is -1.77. The molecule has 1 amide bonds. The fourth-order valence-corrected chi connectivity index (χ4v) is 3.94. The molecular weight excluding hydrogens is 389 g/mol. The van der Waals surface area contributed by atoms with E-state index in [1.165, 1.54) is 0 Å². The number of halogens is 2. The molecule has 0 unspecified atom stereocenters. The highest BCUT2D eigenvalue weighted by Crippen LogP contribution is 2.30. The first kappa shape index (κ1) is 21.5. The van der Waals surface area contributed by atoms with Gasteiger partial charge in [0.25, 0.3) is 5.91 Å². The van der Waals surface area contributed by atoms with Gasteiger partial charge >= 0.3 is 0 Å². The second kappa shape index (κ2) is 8.95. The Morgan fingerprint density at radius 3 is 2.37 bits per heavy atom. The molecule has 2 aromatic rings. The normalized spacial score (nSPS) is 19.1. The molecule has 2 fully saturated rings. The predicted molar refractivity (Wildman–Crippen MR) is 109 cm³/mol. The number of nitrogens with one attached hydrogen (secondary N) is 1. The molecule has 2 aliphatic rings. The molecule has 0 spiro atoms. The lowest BCUT2D eigenvalue weighted by Crippen LogP contribution is -2.59. The summed E-state index contributed by atoms with van der Waals surface area (Å²) < 4.78 is 3.69. The van der Waals surface area contributed by atoms with Crippen LogP contribution in [0.4, 0.5) is 5.69 Å². The van der Waals surface area contributed by atoms with Gasteiger partial charge < -0.3 is 15.1 Å². The molecule has 0 aromatic carbocycles. The van der Waals surface area contributed by atoms with Crippen molar-refractivity contribution in [3.8, 4) is 0 Å². The topological polar surface area (TPSA) is 71.2 Å². The average molecular weight is 416 g/mol. The van der Waals surface area contributed by atoms with Crippen LogP contribution < -0.4 is 10.2 Å². The number of hydrogen-bond donors (Lipinski definition) is 1. The molecule has 2 aliphatic heterocycles. The molecule has 2 saturated heterocycles. The van der Waals surface area contributed by atoms with Crippen molar-refractivity contribution in [3.63, 3.8) is 0 Å².